The highest BCUT2D eigenvalue weighted by molar-refractivity contribution is 5.87. The van der Waals surface area contributed by atoms with E-state index in [1.807, 2.05) is 29.2 Å². The second kappa shape index (κ2) is 10.5. The number of rotatable bonds is 7. The summed E-state index contributed by atoms with van der Waals surface area (Å²) in [6.45, 7) is 7.85. The molecule has 8 rings (SSSR count). The standard InChI is InChI=1S/C33H35N7O2/c1-33(2)14-23(9-11-42-33)25-12-29(32-26(15-34)18-37-40(32)19-25)24-5-6-30(35-17-24)38-20-27-13-28(21-38)39(27)10-8-22-4-7-31(41-3)36-16-22/h4-7,12,14,16-19,27-28H,8-11,13,20-21H2,1-3H3. The van der Waals surface area contributed by atoms with Gasteiger partial charge in [0.25, 0.3) is 0 Å². The molecule has 9 heteroatoms. The lowest BCUT2D eigenvalue weighted by Crippen LogP contribution is -2.69. The highest BCUT2D eigenvalue weighted by Crippen LogP contribution is 2.37. The highest BCUT2D eigenvalue weighted by atomic mass is 16.5. The molecule has 4 aliphatic heterocycles. The second-order valence-corrected chi connectivity index (χ2v) is 12.0. The molecular formula is C33H35N7O2. The van der Waals surface area contributed by atoms with Crippen LogP contribution < -0.4 is 9.64 Å². The summed E-state index contributed by atoms with van der Waals surface area (Å²) in [4.78, 5) is 14.3. The number of piperazine rings is 1. The van der Waals surface area contributed by atoms with E-state index in [-0.39, 0.29) is 5.60 Å². The zero-order valence-electron chi connectivity index (χ0n) is 24.3. The van der Waals surface area contributed by atoms with Gasteiger partial charge in [0.15, 0.2) is 0 Å². The minimum absolute atomic E-state index is 0.314. The summed E-state index contributed by atoms with van der Waals surface area (Å²) < 4.78 is 12.9. The van der Waals surface area contributed by atoms with Crippen LogP contribution in [0.2, 0.25) is 0 Å². The van der Waals surface area contributed by atoms with Crippen LogP contribution in [0.4, 0.5) is 5.82 Å². The van der Waals surface area contributed by atoms with E-state index in [4.69, 9.17) is 14.5 Å². The van der Waals surface area contributed by atoms with Crippen LogP contribution in [-0.4, -0.2) is 75.5 Å². The molecule has 2 bridgehead atoms. The Morgan fingerprint density at radius 2 is 1.93 bits per heavy atom. The van der Waals surface area contributed by atoms with Crippen LogP contribution in [0, 0.1) is 11.3 Å². The van der Waals surface area contributed by atoms with Crippen LogP contribution in [0.25, 0.3) is 22.2 Å². The van der Waals surface area contributed by atoms with Gasteiger partial charge in [-0.05, 0) is 74.1 Å². The molecule has 4 aromatic heterocycles. The summed E-state index contributed by atoms with van der Waals surface area (Å²) in [5, 5.41) is 14.3. The van der Waals surface area contributed by atoms with Crippen molar-refractivity contribution < 1.29 is 9.47 Å². The van der Waals surface area contributed by atoms with E-state index >= 15 is 0 Å². The molecule has 3 fully saturated rings. The molecule has 0 spiro atoms. The fourth-order valence-corrected chi connectivity index (χ4v) is 6.69. The molecule has 8 heterocycles. The van der Waals surface area contributed by atoms with E-state index < -0.39 is 0 Å². The fourth-order valence-electron chi connectivity index (χ4n) is 6.69. The van der Waals surface area contributed by atoms with Crippen LogP contribution >= 0.6 is 0 Å². The molecular weight excluding hydrogens is 526 g/mol. The van der Waals surface area contributed by atoms with Crippen molar-refractivity contribution in [3.05, 3.63) is 77.9 Å². The zero-order valence-corrected chi connectivity index (χ0v) is 24.3. The van der Waals surface area contributed by atoms with Crippen molar-refractivity contribution in [3.63, 3.8) is 0 Å². The van der Waals surface area contributed by atoms with Crippen LogP contribution in [0.3, 0.4) is 0 Å². The molecule has 4 aromatic rings. The van der Waals surface area contributed by atoms with E-state index in [0.29, 0.717) is 30.1 Å². The van der Waals surface area contributed by atoms with Crippen LogP contribution in [0.15, 0.2) is 61.2 Å². The number of hydrogen-bond acceptors (Lipinski definition) is 8. The number of piperidine rings is 1. The molecule has 3 saturated heterocycles. The van der Waals surface area contributed by atoms with Gasteiger partial charge in [0.2, 0.25) is 5.88 Å². The number of nitriles is 1. The number of aromatic nitrogens is 4. The third kappa shape index (κ3) is 4.91. The predicted octanol–water partition coefficient (Wildman–Crippen LogP) is 4.76. The summed E-state index contributed by atoms with van der Waals surface area (Å²) in [6, 6.07) is 13.9. The van der Waals surface area contributed by atoms with Crippen molar-refractivity contribution in [2.75, 3.05) is 38.3 Å². The van der Waals surface area contributed by atoms with Crippen molar-refractivity contribution in [1.82, 2.24) is 24.5 Å². The molecule has 0 aliphatic carbocycles. The summed E-state index contributed by atoms with van der Waals surface area (Å²) in [5.74, 6) is 1.66. The fraction of sp³-hybridized carbons (Fsp3) is 0.394. The second-order valence-electron chi connectivity index (χ2n) is 12.0. The van der Waals surface area contributed by atoms with Gasteiger partial charge < -0.3 is 14.4 Å². The van der Waals surface area contributed by atoms with Gasteiger partial charge >= 0.3 is 0 Å². The SMILES string of the molecule is COc1ccc(CCN2C3CC2CN(c2ccc(-c4cc(C5=CC(C)(C)OCC5)cn5ncc(C#N)c45)cn2)C3)cn1. The van der Waals surface area contributed by atoms with Gasteiger partial charge in [0.05, 0.1) is 36.6 Å². The topological polar surface area (TPSA) is 91.8 Å². The first-order chi connectivity index (χ1) is 20.4. The average molecular weight is 562 g/mol. The molecule has 2 atom stereocenters. The Hall–Kier alpha value is -4.26. The maximum Gasteiger partial charge on any atom is 0.212 e. The Labute approximate surface area is 246 Å². The van der Waals surface area contributed by atoms with Gasteiger partial charge in [0.1, 0.15) is 11.9 Å². The number of methoxy groups -OCH3 is 1. The van der Waals surface area contributed by atoms with E-state index in [0.717, 1.165) is 60.5 Å². The first-order valence-corrected chi connectivity index (χ1v) is 14.6. The van der Waals surface area contributed by atoms with Gasteiger partial charge in [-0.25, -0.2) is 14.5 Å². The summed E-state index contributed by atoms with van der Waals surface area (Å²) in [6.07, 6.45) is 12.8. The molecule has 0 radical (unpaired) electrons. The van der Waals surface area contributed by atoms with E-state index in [2.05, 4.69) is 70.1 Å². The van der Waals surface area contributed by atoms with Crippen molar-refractivity contribution in [3.8, 4) is 23.1 Å². The van der Waals surface area contributed by atoms with Crippen LogP contribution in [0.5, 0.6) is 5.88 Å². The molecule has 214 valence electrons. The number of anilines is 1. The number of pyridine rings is 3. The number of nitrogens with zero attached hydrogens (tertiary/aromatic N) is 7. The summed E-state index contributed by atoms with van der Waals surface area (Å²) in [5.41, 5.74) is 6.56. The molecule has 4 aliphatic rings. The van der Waals surface area contributed by atoms with Crippen molar-refractivity contribution >= 4 is 16.9 Å². The Morgan fingerprint density at radius 3 is 2.62 bits per heavy atom. The lowest BCUT2D eigenvalue weighted by Gasteiger charge is -2.56. The minimum Gasteiger partial charge on any atom is -0.481 e. The smallest absolute Gasteiger partial charge is 0.212 e. The molecule has 0 N–H and O–H groups in total. The maximum absolute atomic E-state index is 9.81. The van der Waals surface area contributed by atoms with Crippen molar-refractivity contribution in [1.29, 1.82) is 5.26 Å². The molecule has 0 saturated carbocycles. The van der Waals surface area contributed by atoms with Gasteiger partial charge in [-0.1, -0.05) is 6.07 Å². The molecule has 0 aromatic carbocycles. The number of hydrogen-bond donors (Lipinski definition) is 0. The Balaban J connectivity index is 1.09. The lowest BCUT2D eigenvalue weighted by molar-refractivity contribution is 0.000308. The van der Waals surface area contributed by atoms with E-state index in [1.165, 1.54) is 17.6 Å². The predicted molar refractivity (Wildman–Crippen MR) is 161 cm³/mol. The minimum atomic E-state index is -0.314. The average Bonchev–Trinajstić information content (AvgIpc) is 3.44. The zero-order chi connectivity index (χ0) is 28.8. The van der Waals surface area contributed by atoms with E-state index in [9.17, 15) is 5.26 Å². The Kier molecular flexibility index (Phi) is 6.68. The molecule has 42 heavy (non-hydrogen) atoms. The Morgan fingerprint density at radius 1 is 1.07 bits per heavy atom. The summed E-state index contributed by atoms with van der Waals surface area (Å²) in [7, 11) is 1.64. The van der Waals surface area contributed by atoms with Crippen molar-refractivity contribution in [2.45, 2.75) is 50.8 Å². The summed E-state index contributed by atoms with van der Waals surface area (Å²) >= 11 is 0. The normalized spacial score (nSPS) is 21.5. The van der Waals surface area contributed by atoms with Gasteiger partial charge in [-0.15, -0.1) is 0 Å². The first kappa shape index (κ1) is 26.6. The van der Waals surface area contributed by atoms with Crippen molar-refractivity contribution in [2.24, 2.45) is 0 Å². The largest absolute Gasteiger partial charge is 0.481 e. The van der Waals surface area contributed by atoms with Gasteiger partial charge in [-0.2, -0.15) is 10.4 Å². The quantitative estimate of drug-likeness (QED) is 0.319. The number of fused-ring (bicyclic) bond motifs is 3. The monoisotopic (exact) mass is 561 g/mol. The third-order valence-corrected chi connectivity index (χ3v) is 8.86. The third-order valence-electron chi connectivity index (χ3n) is 8.86. The molecule has 0 amide bonds. The molecule has 9 nitrogen and oxygen atoms in total. The number of ether oxygens (including phenoxy) is 2. The van der Waals surface area contributed by atoms with Crippen LogP contribution in [-0.2, 0) is 11.2 Å². The highest BCUT2D eigenvalue weighted by Gasteiger charge is 2.44. The Bertz CT molecular complexity index is 1670. The van der Waals surface area contributed by atoms with Gasteiger partial charge in [-0.3, -0.25) is 4.90 Å². The lowest BCUT2D eigenvalue weighted by atomic mass is 9.87. The molecule has 2 unspecified atom stereocenters. The van der Waals surface area contributed by atoms with Crippen LogP contribution in [0.1, 0.15) is 43.4 Å². The van der Waals surface area contributed by atoms with Gasteiger partial charge in [0, 0.05) is 67.5 Å². The maximum atomic E-state index is 9.81. The first-order valence-electron chi connectivity index (χ1n) is 14.6. The van der Waals surface area contributed by atoms with E-state index in [1.54, 1.807) is 13.3 Å².